The largest absolute Gasteiger partial charge is 0.508 e. The van der Waals surface area contributed by atoms with E-state index in [1.54, 1.807) is 6.08 Å². The van der Waals surface area contributed by atoms with E-state index >= 15 is 0 Å². The Bertz CT molecular complexity index is 493. The van der Waals surface area contributed by atoms with Crippen LogP contribution in [0.2, 0.25) is 10.0 Å². The topological polar surface area (TPSA) is 38.7 Å². The van der Waals surface area contributed by atoms with E-state index in [0.29, 0.717) is 12.4 Å². The van der Waals surface area contributed by atoms with Crippen molar-refractivity contribution in [1.82, 2.24) is 0 Å². The van der Waals surface area contributed by atoms with E-state index in [1.165, 1.54) is 12.1 Å². The Kier molecular flexibility index (Phi) is 8.73. The Morgan fingerprint density at radius 1 is 1.14 bits per heavy atom. The summed E-state index contributed by atoms with van der Waals surface area (Å²) in [6, 6.07) is 2.78. The third-order valence-corrected chi connectivity index (χ3v) is 3.77. The van der Waals surface area contributed by atoms with Crippen molar-refractivity contribution in [2.24, 2.45) is 0 Å². The molecule has 1 aromatic carbocycles. The minimum atomic E-state index is -0.0993. The van der Waals surface area contributed by atoms with Crippen LogP contribution in [0.1, 0.15) is 26.7 Å². The van der Waals surface area contributed by atoms with Crippen molar-refractivity contribution in [1.29, 1.82) is 0 Å². The van der Waals surface area contributed by atoms with Gasteiger partial charge in [0.1, 0.15) is 10.2 Å². The number of phenols is 1. The summed E-state index contributed by atoms with van der Waals surface area (Å²) in [7, 11) is 0. The molecule has 3 nitrogen and oxygen atoms in total. The molecule has 0 aliphatic carbocycles. The van der Waals surface area contributed by atoms with Gasteiger partial charge in [0.15, 0.2) is 5.75 Å². The molecule has 0 aliphatic rings. The molecule has 7 heteroatoms. The maximum Gasteiger partial charge on any atom is 0.157 e. The Labute approximate surface area is 150 Å². The van der Waals surface area contributed by atoms with Crippen LogP contribution in [0, 0.1) is 0 Å². The first-order valence-corrected chi connectivity index (χ1v) is 8.28. The predicted octanol–water partition coefficient (Wildman–Crippen LogP) is 5.97. The summed E-state index contributed by atoms with van der Waals surface area (Å²) in [6.45, 7) is 4.25. The maximum atomic E-state index is 9.39. The van der Waals surface area contributed by atoms with Gasteiger partial charge in [-0.15, -0.1) is 0 Å². The Hall–Kier alpha value is -0.320. The third-order valence-electron chi connectivity index (χ3n) is 2.90. The predicted molar refractivity (Wildman–Crippen MR) is 92.7 cm³/mol. The lowest BCUT2D eigenvalue weighted by atomic mass is 10.1. The average molecular weight is 388 g/mol. The molecule has 1 N–H and O–H groups in total. The van der Waals surface area contributed by atoms with Crippen molar-refractivity contribution < 1.29 is 14.6 Å². The Balaban J connectivity index is 2.44. The van der Waals surface area contributed by atoms with Crippen molar-refractivity contribution >= 4 is 46.4 Å². The van der Waals surface area contributed by atoms with Crippen molar-refractivity contribution in [2.75, 3.05) is 6.61 Å². The molecule has 0 fully saturated rings. The summed E-state index contributed by atoms with van der Waals surface area (Å²) in [4.78, 5) is 0. The van der Waals surface area contributed by atoms with Crippen LogP contribution in [0.15, 0.2) is 22.7 Å². The standard InChI is InChI=1S/C15H18Cl4O3/c1-9(21-6-5-14(18)19)3-4-10(2)22-15-12(16)7-11(20)8-13(15)17/h5,7-10,20H,3-4,6H2,1-2H3. The third kappa shape index (κ3) is 7.30. The quantitative estimate of drug-likeness (QED) is 0.596. The Morgan fingerprint density at radius 2 is 1.68 bits per heavy atom. The van der Waals surface area contributed by atoms with Crippen LogP contribution in [-0.4, -0.2) is 23.9 Å². The van der Waals surface area contributed by atoms with E-state index in [2.05, 4.69) is 0 Å². The molecule has 2 atom stereocenters. The van der Waals surface area contributed by atoms with Gasteiger partial charge in [-0.05, 0) is 32.8 Å². The van der Waals surface area contributed by atoms with Crippen LogP contribution in [0.4, 0.5) is 0 Å². The molecule has 1 aromatic rings. The van der Waals surface area contributed by atoms with Crippen molar-refractivity contribution in [3.63, 3.8) is 0 Å². The van der Waals surface area contributed by atoms with Gasteiger partial charge in [-0.1, -0.05) is 46.4 Å². The molecule has 0 aromatic heterocycles. The number of benzene rings is 1. The highest BCUT2D eigenvalue weighted by molar-refractivity contribution is 6.55. The summed E-state index contributed by atoms with van der Waals surface area (Å²) in [5, 5.41) is 9.95. The number of ether oxygens (including phenoxy) is 2. The number of hydrogen-bond donors (Lipinski definition) is 1. The molecular weight excluding hydrogens is 370 g/mol. The second-order valence-electron chi connectivity index (χ2n) is 4.88. The molecule has 0 amide bonds. The lowest BCUT2D eigenvalue weighted by Gasteiger charge is -2.19. The molecule has 0 radical (unpaired) electrons. The summed E-state index contributed by atoms with van der Waals surface area (Å²) in [6.07, 6.45) is 3.09. The summed E-state index contributed by atoms with van der Waals surface area (Å²) < 4.78 is 11.5. The second kappa shape index (κ2) is 9.74. The van der Waals surface area contributed by atoms with E-state index < -0.39 is 0 Å². The van der Waals surface area contributed by atoms with Crippen LogP contribution in [0.3, 0.4) is 0 Å². The van der Waals surface area contributed by atoms with E-state index in [-0.39, 0.29) is 32.5 Å². The highest BCUT2D eigenvalue weighted by Gasteiger charge is 2.14. The van der Waals surface area contributed by atoms with Gasteiger partial charge in [-0.2, -0.15) is 0 Å². The highest BCUT2D eigenvalue weighted by Crippen LogP contribution is 2.37. The first-order chi connectivity index (χ1) is 10.3. The monoisotopic (exact) mass is 386 g/mol. The van der Waals surface area contributed by atoms with Gasteiger partial charge in [-0.25, -0.2) is 0 Å². The summed E-state index contributed by atoms with van der Waals surface area (Å²) in [5.41, 5.74) is 0. The van der Waals surface area contributed by atoms with Gasteiger partial charge in [0.05, 0.1) is 28.9 Å². The van der Waals surface area contributed by atoms with Crippen LogP contribution in [-0.2, 0) is 4.74 Å². The zero-order valence-corrected chi connectivity index (χ0v) is 15.3. The fraction of sp³-hybridized carbons (Fsp3) is 0.467. The minimum absolute atomic E-state index is 0.00281. The lowest BCUT2D eigenvalue weighted by molar-refractivity contribution is 0.0699. The highest BCUT2D eigenvalue weighted by atomic mass is 35.5. The fourth-order valence-electron chi connectivity index (χ4n) is 1.75. The van der Waals surface area contributed by atoms with E-state index in [0.717, 1.165) is 12.8 Å². The van der Waals surface area contributed by atoms with Crippen LogP contribution in [0.25, 0.3) is 0 Å². The summed E-state index contributed by atoms with van der Waals surface area (Å²) >= 11 is 23.0. The average Bonchev–Trinajstić information content (AvgIpc) is 2.40. The normalized spacial score (nSPS) is 13.5. The van der Waals surface area contributed by atoms with Crippen LogP contribution in [0.5, 0.6) is 11.5 Å². The number of phenolic OH excluding ortho intramolecular Hbond substituents is 1. The smallest absolute Gasteiger partial charge is 0.157 e. The molecule has 1 rings (SSSR count). The van der Waals surface area contributed by atoms with Gasteiger partial charge in [0.25, 0.3) is 0 Å². The molecule has 0 saturated heterocycles. The number of aromatic hydroxyl groups is 1. The molecule has 0 heterocycles. The number of rotatable bonds is 8. The van der Waals surface area contributed by atoms with Crippen molar-refractivity contribution in [3.8, 4) is 11.5 Å². The van der Waals surface area contributed by atoms with Crippen molar-refractivity contribution in [2.45, 2.75) is 38.9 Å². The van der Waals surface area contributed by atoms with E-state index in [4.69, 9.17) is 55.9 Å². The second-order valence-corrected chi connectivity index (χ2v) is 6.70. The van der Waals surface area contributed by atoms with Gasteiger partial charge < -0.3 is 14.6 Å². The zero-order chi connectivity index (χ0) is 16.7. The molecule has 0 spiro atoms. The van der Waals surface area contributed by atoms with Gasteiger partial charge in [-0.3, -0.25) is 0 Å². The van der Waals surface area contributed by atoms with Crippen LogP contribution < -0.4 is 4.74 Å². The van der Waals surface area contributed by atoms with E-state index in [9.17, 15) is 5.11 Å². The molecule has 2 unspecified atom stereocenters. The van der Waals surface area contributed by atoms with E-state index in [1.807, 2.05) is 13.8 Å². The molecule has 0 bridgehead atoms. The molecule has 0 aliphatic heterocycles. The molecule has 22 heavy (non-hydrogen) atoms. The van der Waals surface area contributed by atoms with Crippen molar-refractivity contribution in [3.05, 3.63) is 32.7 Å². The zero-order valence-electron chi connectivity index (χ0n) is 12.3. The first-order valence-electron chi connectivity index (χ1n) is 6.77. The molecular formula is C15H18Cl4O3. The summed E-state index contributed by atoms with van der Waals surface area (Å²) in [5.74, 6) is 0.377. The first kappa shape index (κ1) is 19.7. The Morgan fingerprint density at radius 3 is 2.23 bits per heavy atom. The van der Waals surface area contributed by atoms with Gasteiger partial charge in [0, 0.05) is 12.1 Å². The number of halogens is 4. The van der Waals surface area contributed by atoms with Crippen LogP contribution >= 0.6 is 46.4 Å². The molecule has 124 valence electrons. The SMILES string of the molecule is CC(CCC(C)Oc1c(Cl)cc(O)cc1Cl)OCC=C(Cl)Cl. The van der Waals surface area contributed by atoms with Gasteiger partial charge >= 0.3 is 0 Å². The lowest BCUT2D eigenvalue weighted by Crippen LogP contribution is -2.17. The minimum Gasteiger partial charge on any atom is -0.508 e. The maximum absolute atomic E-state index is 9.39. The number of hydrogen-bond acceptors (Lipinski definition) is 3. The fourth-order valence-corrected chi connectivity index (χ4v) is 2.44. The van der Waals surface area contributed by atoms with Gasteiger partial charge in [0.2, 0.25) is 0 Å². The molecule has 0 saturated carbocycles.